The van der Waals surface area contributed by atoms with E-state index in [0.29, 0.717) is 0 Å². The van der Waals surface area contributed by atoms with Gasteiger partial charge >= 0.3 is 0 Å². The van der Waals surface area contributed by atoms with Gasteiger partial charge in [-0.15, -0.1) is 11.3 Å². The molecule has 0 bridgehead atoms. The van der Waals surface area contributed by atoms with Crippen LogP contribution in [0.25, 0.3) is 0 Å². The Morgan fingerprint density at radius 1 is 1.39 bits per heavy atom. The standard InChI is InChI=1S/C15H24N2S/c1-4-13-11(3)18-14(16-13)15(17-12-5-6-12)8-7-10(2)9-15/h10,12,17H,4-9H2,1-3H3. The Hall–Kier alpha value is -0.410. The SMILES string of the molecule is CCc1nc(C2(NC3CC3)CCC(C)C2)sc1C. The number of hydrogen-bond acceptors (Lipinski definition) is 3. The van der Waals surface area contributed by atoms with Crippen LogP contribution in [0, 0.1) is 12.8 Å². The Balaban J connectivity index is 1.91. The molecular weight excluding hydrogens is 240 g/mol. The minimum absolute atomic E-state index is 0.212. The minimum atomic E-state index is 0.212. The molecule has 2 nitrogen and oxygen atoms in total. The number of aryl methyl sites for hydroxylation is 2. The molecule has 1 aromatic rings. The van der Waals surface area contributed by atoms with Gasteiger partial charge in [0.2, 0.25) is 0 Å². The van der Waals surface area contributed by atoms with Crippen molar-refractivity contribution in [1.82, 2.24) is 10.3 Å². The molecule has 3 rings (SSSR count). The largest absolute Gasteiger partial charge is 0.303 e. The lowest BCUT2D eigenvalue weighted by Crippen LogP contribution is -2.41. The molecule has 18 heavy (non-hydrogen) atoms. The fourth-order valence-corrected chi connectivity index (χ4v) is 4.45. The number of rotatable bonds is 4. The predicted octanol–water partition coefficient (Wildman–Crippen LogP) is 3.78. The Bertz CT molecular complexity index is 436. The summed E-state index contributed by atoms with van der Waals surface area (Å²) in [6, 6.07) is 0.768. The quantitative estimate of drug-likeness (QED) is 0.895. The lowest BCUT2D eigenvalue weighted by atomic mass is 9.96. The van der Waals surface area contributed by atoms with Gasteiger partial charge in [0.05, 0.1) is 11.2 Å². The summed E-state index contributed by atoms with van der Waals surface area (Å²) in [5.74, 6) is 0.838. The van der Waals surface area contributed by atoms with Gasteiger partial charge in [0, 0.05) is 10.9 Å². The molecule has 2 unspecified atom stereocenters. The number of hydrogen-bond donors (Lipinski definition) is 1. The van der Waals surface area contributed by atoms with E-state index in [2.05, 4.69) is 26.1 Å². The normalized spacial score (nSPS) is 32.1. The van der Waals surface area contributed by atoms with Crippen molar-refractivity contribution < 1.29 is 0 Å². The molecule has 100 valence electrons. The van der Waals surface area contributed by atoms with Crippen LogP contribution in [0.5, 0.6) is 0 Å². The van der Waals surface area contributed by atoms with Crippen LogP contribution >= 0.6 is 11.3 Å². The zero-order chi connectivity index (χ0) is 12.8. The highest BCUT2D eigenvalue weighted by molar-refractivity contribution is 7.11. The Kier molecular flexibility index (Phi) is 3.23. The molecule has 3 heteroatoms. The highest BCUT2D eigenvalue weighted by Gasteiger charge is 2.44. The van der Waals surface area contributed by atoms with Crippen molar-refractivity contribution in [3.63, 3.8) is 0 Å². The summed E-state index contributed by atoms with van der Waals surface area (Å²) in [7, 11) is 0. The van der Waals surface area contributed by atoms with Crippen LogP contribution in [-0.4, -0.2) is 11.0 Å². The Morgan fingerprint density at radius 3 is 2.67 bits per heavy atom. The van der Waals surface area contributed by atoms with E-state index in [1.807, 2.05) is 11.3 Å². The predicted molar refractivity (Wildman–Crippen MR) is 77.1 cm³/mol. The minimum Gasteiger partial charge on any atom is -0.303 e. The summed E-state index contributed by atoms with van der Waals surface area (Å²) in [6.45, 7) is 6.82. The van der Waals surface area contributed by atoms with E-state index in [-0.39, 0.29) is 5.54 Å². The van der Waals surface area contributed by atoms with Crippen molar-refractivity contribution in [1.29, 1.82) is 0 Å². The molecule has 0 aliphatic heterocycles. The third-order valence-corrected chi connectivity index (χ3v) is 5.67. The van der Waals surface area contributed by atoms with Crippen LogP contribution in [0.2, 0.25) is 0 Å². The van der Waals surface area contributed by atoms with E-state index in [0.717, 1.165) is 18.4 Å². The average Bonchev–Trinajstić information content (AvgIpc) is 2.94. The van der Waals surface area contributed by atoms with Gasteiger partial charge in [-0.2, -0.15) is 0 Å². The second-order valence-corrected chi connectivity index (χ2v) is 7.43. The summed E-state index contributed by atoms with van der Waals surface area (Å²) in [5, 5.41) is 5.29. The van der Waals surface area contributed by atoms with Crippen LogP contribution in [0.3, 0.4) is 0 Å². The molecule has 2 fully saturated rings. The Morgan fingerprint density at radius 2 is 2.17 bits per heavy atom. The van der Waals surface area contributed by atoms with Crippen molar-refractivity contribution >= 4 is 11.3 Å². The molecule has 0 spiro atoms. The van der Waals surface area contributed by atoms with E-state index >= 15 is 0 Å². The van der Waals surface area contributed by atoms with Crippen LogP contribution in [0.15, 0.2) is 0 Å². The molecule has 1 N–H and O–H groups in total. The van der Waals surface area contributed by atoms with Crippen molar-refractivity contribution in [3.05, 3.63) is 15.6 Å². The highest BCUT2D eigenvalue weighted by atomic mass is 32.1. The van der Waals surface area contributed by atoms with E-state index < -0.39 is 0 Å². The van der Waals surface area contributed by atoms with Crippen LogP contribution in [0.1, 0.15) is 61.5 Å². The maximum absolute atomic E-state index is 4.95. The maximum atomic E-state index is 4.95. The number of aromatic nitrogens is 1. The molecule has 2 aliphatic carbocycles. The smallest absolute Gasteiger partial charge is 0.113 e. The van der Waals surface area contributed by atoms with Gasteiger partial charge in [-0.3, -0.25) is 0 Å². The second-order valence-electron chi connectivity index (χ2n) is 6.22. The van der Waals surface area contributed by atoms with Gasteiger partial charge in [0.1, 0.15) is 5.01 Å². The van der Waals surface area contributed by atoms with Gasteiger partial charge in [0.15, 0.2) is 0 Å². The first-order valence-corrected chi connectivity index (χ1v) is 8.19. The zero-order valence-corrected chi connectivity index (χ0v) is 12.6. The summed E-state index contributed by atoms with van der Waals surface area (Å²) in [6.07, 6.45) is 7.69. The maximum Gasteiger partial charge on any atom is 0.113 e. The van der Waals surface area contributed by atoms with Gasteiger partial charge in [-0.05, 0) is 51.4 Å². The lowest BCUT2D eigenvalue weighted by molar-refractivity contribution is 0.325. The Labute approximate surface area is 114 Å². The van der Waals surface area contributed by atoms with Crippen molar-refractivity contribution in [3.8, 4) is 0 Å². The van der Waals surface area contributed by atoms with E-state index in [1.54, 1.807) is 0 Å². The van der Waals surface area contributed by atoms with E-state index in [9.17, 15) is 0 Å². The summed E-state index contributed by atoms with van der Waals surface area (Å²) in [4.78, 5) is 6.37. The molecule has 0 aromatic carbocycles. The molecule has 2 atom stereocenters. The van der Waals surface area contributed by atoms with Crippen LogP contribution in [0.4, 0.5) is 0 Å². The fourth-order valence-electron chi connectivity index (χ4n) is 3.26. The van der Waals surface area contributed by atoms with Gasteiger partial charge in [-0.25, -0.2) is 4.98 Å². The third-order valence-electron chi connectivity index (χ3n) is 4.46. The monoisotopic (exact) mass is 264 g/mol. The molecular formula is C15H24N2S. The zero-order valence-electron chi connectivity index (χ0n) is 11.8. The molecule has 0 radical (unpaired) electrons. The first-order chi connectivity index (χ1) is 8.63. The lowest BCUT2D eigenvalue weighted by Gasteiger charge is -2.29. The topological polar surface area (TPSA) is 24.9 Å². The fraction of sp³-hybridized carbons (Fsp3) is 0.800. The summed E-state index contributed by atoms with van der Waals surface area (Å²) < 4.78 is 0. The average molecular weight is 264 g/mol. The van der Waals surface area contributed by atoms with E-state index in [4.69, 9.17) is 4.98 Å². The molecule has 0 amide bonds. The first-order valence-electron chi connectivity index (χ1n) is 7.37. The molecule has 1 aromatic heterocycles. The molecule has 2 aliphatic rings. The number of nitrogens with zero attached hydrogens (tertiary/aromatic N) is 1. The van der Waals surface area contributed by atoms with Crippen molar-refractivity contribution in [2.24, 2.45) is 5.92 Å². The molecule has 1 heterocycles. The first kappa shape index (κ1) is 12.6. The molecule has 2 saturated carbocycles. The number of nitrogens with one attached hydrogen (secondary N) is 1. The highest BCUT2D eigenvalue weighted by Crippen LogP contribution is 2.45. The third kappa shape index (κ3) is 2.23. The summed E-state index contributed by atoms with van der Waals surface area (Å²) >= 11 is 1.93. The van der Waals surface area contributed by atoms with Crippen LogP contribution in [-0.2, 0) is 12.0 Å². The van der Waals surface area contributed by atoms with Crippen LogP contribution < -0.4 is 5.32 Å². The second kappa shape index (κ2) is 4.61. The van der Waals surface area contributed by atoms with Gasteiger partial charge in [0.25, 0.3) is 0 Å². The van der Waals surface area contributed by atoms with Gasteiger partial charge in [-0.1, -0.05) is 13.8 Å². The van der Waals surface area contributed by atoms with E-state index in [1.165, 1.54) is 47.7 Å². The summed E-state index contributed by atoms with van der Waals surface area (Å²) in [5.41, 5.74) is 1.52. The molecule has 0 saturated heterocycles. The van der Waals surface area contributed by atoms with Crippen molar-refractivity contribution in [2.45, 2.75) is 70.9 Å². The number of thiazole rings is 1. The van der Waals surface area contributed by atoms with Crippen molar-refractivity contribution in [2.75, 3.05) is 0 Å². The van der Waals surface area contributed by atoms with Gasteiger partial charge < -0.3 is 5.32 Å².